The monoisotopic (exact) mass is 334 g/mol. The molecule has 1 heterocycles. The van der Waals surface area contributed by atoms with Gasteiger partial charge in [0.2, 0.25) is 6.21 Å². The predicted molar refractivity (Wildman–Crippen MR) is 84.0 cm³/mol. The molecule has 2 aromatic carbocycles. The number of rotatable bonds is 2. The lowest BCUT2D eigenvalue weighted by atomic mass is 10.1. The van der Waals surface area contributed by atoms with Crippen molar-refractivity contribution in [2.45, 2.75) is 0 Å². The molecule has 2 aromatic rings. The summed E-state index contributed by atoms with van der Waals surface area (Å²) in [4.78, 5) is 17.0. The lowest BCUT2D eigenvalue weighted by Gasteiger charge is -1.96. The fourth-order valence-corrected chi connectivity index (χ4v) is 2.51. The first kappa shape index (κ1) is 14.6. The Morgan fingerprint density at radius 3 is 2.50 bits per heavy atom. The minimum atomic E-state index is -0.634. The van der Waals surface area contributed by atoms with Crippen LogP contribution < -0.4 is 0 Å². The summed E-state index contributed by atoms with van der Waals surface area (Å²) in [7, 11) is 0. The summed E-state index contributed by atoms with van der Waals surface area (Å²) in [6.07, 6.45) is 1.42. The minimum Gasteiger partial charge on any atom is -0.456 e. The van der Waals surface area contributed by atoms with E-state index in [4.69, 9.17) is 28.0 Å². The van der Waals surface area contributed by atoms with Crippen molar-refractivity contribution in [3.05, 3.63) is 75.6 Å². The Bertz CT molecular complexity index is 813. The molecule has 1 aliphatic rings. The summed E-state index contributed by atoms with van der Waals surface area (Å²) in [5.41, 5.74) is 1.23. The summed E-state index contributed by atoms with van der Waals surface area (Å²) >= 11 is 11.9. The molecule has 1 aliphatic heterocycles. The van der Waals surface area contributed by atoms with Gasteiger partial charge in [-0.15, -0.1) is 0 Å². The van der Waals surface area contributed by atoms with Crippen molar-refractivity contribution >= 4 is 41.0 Å². The van der Waals surface area contributed by atoms with E-state index >= 15 is 0 Å². The Hall–Kier alpha value is -2.30. The maximum absolute atomic E-state index is 12.0. The molecule has 0 saturated carbocycles. The molecular weight excluding hydrogens is 325 g/mol. The maximum Gasteiger partial charge on any atom is 0.431 e. The first-order chi connectivity index (χ1) is 10.6. The van der Waals surface area contributed by atoms with Crippen LogP contribution in [0.4, 0.5) is 0 Å². The van der Waals surface area contributed by atoms with E-state index in [9.17, 15) is 9.90 Å². The van der Waals surface area contributed by atoms with Crippen molar-refractivity contribution in [3.8, 4) is 0 Å². The van der Waals surface area contributed by atoms with Gasteiger partial charge in [0, 0.05) is 5.02 Å². The van der Waals surface area contributed by atoms with E-state index in [1.165, 1.54) is 6.21 Å². The quantitative estimate of drug-likeness (QED) is 0.670. The van der Waals surface area contributed by atoms with Crippen molar-refractivity contribution in [3.63, 3.8) is 0 Å². The van der Waals surface area contributed by atoms with Gasteiger partial charge in [0.1, 0.15) is 0 Å². The Kier molecular flexibility index (Phi) is 3.88. The average Bonchev–Trinajstić information content (AvgIpc) is 2.77. The first-order valence-corrected chi connectivity index (χ1v) is 7.12. The molecule has 0 unspecified atom stereocenters. The van der Waals surface area contributed by atoms with E-state index in [0.717, 1.165) is 4.74 Å². The van der Waals surface area contributed by atoms with Crippen LogP contribution in [0, 0.1) is 0 Å². The summed E-state index contributed by atoms with van der Waals surface area (Å²) in [6, 6.07) is 13.7. The Labute approximate surface area is 136 Å². The smallest absolute Gasteiger partial charge is 0.431 e. The zero-order valence-corrected chi connectivity index (χ0v) is 12.7. The first-order valence-electron chi connectivity index (χ1n) is 6.36. The number of aliphatic hydroxyl groups is 1. The van der Waals surface area contributed by atoms with Crippen molar-refractivity contribution in [2.75, 3.05) is 0 Å². The predicted octanol–water partition coefficient (Wildman–Crippen LogP) is 3.82. The van der Waals surface area contributed by atoms with Crippen LogP contribution in [0.15, 0.2) is 54.4 Å². The molecule has 0 fully saturated rings. The maximum atomic E-state index is 12.0. The lowest BCUT2D eigenvalue weighted by molar-refractivity contribution is -0.728. The van der Waals surface area contributed by atoms with E-state index in [1.54, 1.807) is 42.5 Å². The van der Waals surface area contributed by atoms with Gasteiger partial charge in [-0.25, -0.2) is 4.79 Å². The van der Waals surface area contributed by atoms with Gasteiger partial charge in [0.25, 0.3) is 0 Å². The molecule has 1 N–H and O–H groups in total. The fraction of sp³-hybridized carbons (Fsp3) is 0. The van der Waals surface area contributed by atoms with Gasteiger partial charge in [0.05, 0.1) is 15.3 Å². The second-order valence-electron chi connectivity index (χ2n) is 4.56. The molecule has 0 aliphatic carbocycles. The van der Waals surface area contributed by atoms with E-state index < -0.39 is 5.97 Å². The Morgan fingerprint density at radius 2 is 1.82 bits per heavy atom. The molecule has 0 aromatic heterocycles. The zero-order valence-electron chi connectivity index (χ0n) is 11.2. The number of carbonyl (C=O) groups is 1. The highest BCUT2D eigenvalue weighted by Gasteiger charge is 2.40. The molecule has 4 nitrogen and oxygen atoms in total. The van der Waals surface area contributed by atoms with Crippen LogP contribution in [0.5, 0.6) is 0 Å². The molecule has 0 bridgehead atoms. The van der Waals surface area contributed by atoms with Gasteiger partial charge >= 0.3 is 11.9 Å². The van der Waals surface area contributed by atoms with Gasteiger partial charge in [-0.1, -0.05) is 53.5 Å². The number of halogens is 2. The van der Waals surface area contributed by atoms with Crippen molar-refractivity contribution in [2.24, 2.45) is 0 Å². The molecule has 110 valence electrons. The van der Waals surface area contributed by atoms with Gasteiger partial charge in [0.15, 0.2) is 5.57 Å². The molecule has 0 amide bonds. The van der Waals surface area contributed by atoms with Gasteiger partial charge in [-0.2, -0.15) is 4.84 Å². The van der Waals surface area contributed by atoms with Crippen LogP contribution in [0.2, 0.25) is 10.0 Å². The largest absolute Gasteiger partial charge is 0.456 e. The standard InChI is InChI=1S/C16H9Cl2NO3/c17-12-7-6-11(13(18)8-12)9-19-15(20)14(16(21)22-19)10-4-2-1-3-5-10/h1-9H/p+1/b19-9-. The number of carbonyl (C=O) groups excluding carboxylic acids is 1. The third-order valence-electron chi connectivity index (χ3n) is 3.10. The topological polar surface area (TPSA) is 49.5 Å². The summed E-state index contributed by atoms with van der Waals surface area (Å²) in [6.45, 7) is 0. The van der Waals surface area contributed by atoms with E-state index in [0.29, 0.717) is 21.2 Å². The number of hydrogen-bond donors (Lipinski definition) is 1. The number of hydrogen-bond acceptors (Lipinski definition) is 3. The molecule has 3 rings (SSSR count). The highest BCUT2D eigenvalue weighted by Crippen LogP contribution is 2.26. The van der Waals surface area contributed by atoms with Crippen molar-refractivity contribution in [1.82, 2.24) is 0 Å². The zero-order chi connectivity index (χ0) is 15.7. The number of hydroxylamine groups is 1. The average molecular weight is 335 g/mol. The van der Waals surface area contributed by atoms with Crippen molar-refractivity contribution in [1.29, 1.82) is 0 Å². The molecule has 0 spiro atoms. The Balaban J connectivity index is 2.05. The molecule has 6 heteroatoms. The van der Waals surface area contributed by atoms with Gasteiger partial charge in [-0.3, -0.25) is 0 Å². The molecule has 0 saturated heterocycles. The summed E-state index contributed by atoms with van der Waals surface area (Å²) < 4.78 is 0.986. The highest BCUT2D eigenvalue weighted by molar-refractivity contribution is 6.36. The third kappa shape index (κ3) is 2.71. The number of nitrogens with zero attached hydrogens (tertiary/aromatic N) is 1. The van der Waals surface area contributed by atoms with Crippen LogP contribution in [-0.2, 0) is 9.63 Å². The minimum absolute atomic E-state index is 0.0990. The number of benzene rings is 2. The summed E-state index contributed by atoms with van der Waals surface area (Å²) in [5.74, 6) is -0.924. The van der Waals surface area contributed by atoms with Gasteiger partial charge in [-0.05, 0) is 23.8 Å². The normalized spacial score (nSPS) is 16.3. The summed E-state index contributed by atoms with van der Waals surface area (Å²) in [5, 5.41) is 11.1. The van der Waals surface area contributed by atoms with E-state index in [2.05, 4.69) is 0 Å². The van der Waals surface area contributed by atoms with Crippen LogP contribution in [-0.4, -0.2) is 22.0 Å². The molecule has 22 heavy (non-hydrogen) atoms. The number of aliphatic hydroxyl groups excluding tert-OH is 1. The second kappa shape index (κ2) is 5.83. The van der Waals surface area contributed by atoms with Crippen LogP contribution in [0.1, 0.15) is 11.1 Å². The fourth-order valence-electron chi connectivity index (χ4n) is 2.05. The molecule has 0 radical (unpaired) electrons. The van der Waals surface area contributed by atoms with E-state index in [-0.39, 0.29) is 11.5 Å². The second-order valence-corrected chi connectivity index (χ2v) is 5.41. The van der Waals surface area contributed by atoms with Gasteiger partial charge < -0.3 is 5.11 Å². The van der Waals surface area contributed by atoms with E-state index in [1.807, 2.05) is 6.07 Å². The Morgan fingerprint density at radius 1 is 1.09 bits per heavy atom. The SMILES string of the molecule is O=C1O/[N+](=C\c2ccc(Cl)cc2Cl)C(O)=C1c1ccccc1. The van der Waals surface area contributed by atoms with Crippen LogP contribution >= 0.6 is 23.2 Å². The lowest BCUT2D eigenvalue weighted by Crippen LogP contribution is -2.10. The third-order valence-corrected chi connectivity index (χ3v) is 3.66. The highest BCUT2D eigenvalue weighted by atomic mass is 35.5. The molecule has 0 atom stereocenters. The van der Waals surface area contributed by atoms with Crippen molar-refractivity contribution < 1.29 is 19.5 Å². The van der Waals surface area contributed by atoms with Crippen LogP contribution in [0.25, 0.3) is 5.57 Å². The molecular formula is C16H10Cl2NO3+. The van der Waals surface area contributed by atoms with Crippen LogP contribution in [0.3, 0.4) is 0 Å².